The van der Waals surface area contributed by atoms with E-state index in [1.165, 1.54) is 0 Å². The number of ether oxygens (including phenoxy) is 2. The molecular formula is C16H20O6. The molecule has 3 rings (SSSR count). The maximum absolute atomic E-state index is 12.3. The van der Waals surface area contributed by atoms with E-state index in [1.54, 1.807) is 0 Å². The number of esters is 4. The molecule has 22 heavy (non-hydrogen) atoms. The maximum Gasteiger partial charge on any atom is 0.317 e. The summed E-state index contributed by atoms with van der Waals surface area (Å²) in [7, 11) is 0. The number of rotatable bonds is 4. The van der Waals surface area contributed by atoms with E-state index in [4.69, 9.17) is 9.47 Å². The normalized spacial score (nSPS) is 37.4. The molecule has 2 aliphatic heterocycles. The number of hydrogen-bond donors (Lipinski definition) is 0. The van der Waals surface area contributed by atoms with Gasteiger partial charge >= 0.3 is 23.9 Å². The van der Waals surface area contributed by atoms with Crippen LogP contribution in [0.5, 0.6) is 0 Å². The highest BCUT2D eigenvalue weighted by atomic mass is 16.6. The van der Waals surface area contributed by atoms with Gasteiger partial charge in [0.25, 0.3) is 0 Å². The van der Waals surface area contributed by atoms with E-state index in [2.05, 4.69) is 6.92 Å². The second-order valence-electron chi connectivity index (χ2n) is 6.55. The van der Waals surface area contributed by atoms with Crippen LogP contribution in [-0.4, -0.2) is 23.9 Å². The van der Waals surface area contributed by atoms with Gasteiger partial charge in [-0.2, -0.15) is 0 Å². The summed E-state index contributed by atoms with van der Waals surface area (Å²) in [4.78, 5) is 48.1. The molecule has 0 amide bonds. The molecule has 3 fully saturated rings. The zero-order valence-electron chi connectivity index (χ0n) is 12.6. The van der Waals surface area contributed by atoms with E-state index in [9.17, 15) is 19.2 Å². The first-order chi connectivity index (χ1) is 10.5. The van der Waals surface area contributed by atoms with Crippen LogP contribution in [0.1, 0.15) is 45.4 Å². The van der Waals surface area contributed by atoms with Crippen LogP contribution < -0.4 is 0 Å². The van der Waals surface area contributed by atoms with Crippen molar-refractivity contribution in [3.63, 3.8) is 0 Å². The lowest BCUT2D eigenvalue weighted by Gasteiger charge is -2.34. The predicted octanol–water partition coefficient (Wildman–Crippen LogP) is 1.61. The number of carbonyl (C=O) groups excluding carboxylic acids is 4. The molecule has 0 spiro atoms. The fourth-order valence-corrected chi connectivity index (χ4v) is 4.13. The summed E-state index contributed by atoms with van der Waals surface area (Å²) in [6.45, 7) is 2.06. The van der Waals surface area contributed by atoms with Gasteiger partial charge in [-0.25, -0.2) is 0 Å². The van der Waals surface area contributed by atoms with E-state index in [-0.39, 0.29) is 12.3 Å². The number of hydrogen-bond acceptors (Lipinski definition) is 6. The van der Waals surface area contributed by atoms with Gasteiger partial charge in [-0.1, -0.05) is 26.2 Å². The number of cyclic esters (lactones) is 4. The molecule has 5 unspecified atom stereocenters. The Morgan fingerprint density at radius 1 is 0.909 bits per heavy atom. The lowest BCUT2D eigenvalue weighted by atomic mass is 9.64. The number of carbonyl (C=O) groups is 4. The Morgan fingerprint density at radius 3 is 2.36 bits per heavy atom. The van der Waals surface area contributed by atoms with Gasteiger partial charge in [-0.15, -0.1) is 0 Å². The monoisotopic (exact) mass is 308 g/mol. The van der Waals surface area contributed by atoms with E-state index >= 15 is 0 Å². The summed E-state index contributed by atoms with van der Waals surface area (Å²) >= 11 is 0. The average Bonchev–Trinajstić information content (AvgIpc) is 2.73. The highest BCUT2D eigenvalue weighted by molar-refractivity contribution is 5.99. The fourth-order valence-electron chi connectivity index (χ4n) is 4.13. The molecule has 0 aromatic rings. The van der Waals surface area contributed by atoms with Crippen LogP contribution in [0.3, 0.4) is 0 Å². The first kappa shape index (κ1) is 15.2. The van der Waals surface area contributed by atoms with Crippen LogP contribution in [0.25, 0.3) is 0 Å². The largest absolute Gasteiger partial charge is 0.393 e. The highest BCUT2D eigenvalue weighted by Gasteiger charge is 2.58. The van der Waals surface area contributed by atoms with Crippen LogP contribution in [0, 0.1) is 29.6 Å². The molecule has 0 N–H and O–H groups in total. The molecular weight excluding hydrogens is 288 g/mol. The van der Waals surface area contributed by atoms with Crippen LogP contribution in [0.15, 0.2) is 0 Å². The molecule has 0 aromatic carbocycles. The van der Waals surface area contributed by atoms with Crippen molar-refractivity contribution in [1.29, 1.82) is 0 Å². The Bertz CT molecular complexity index is 523. The van der Waals surface area contributed by atoms with Gasteiger partial charge in [0.2, 0.25) is 0 Å². The first-order valence-corrected chi connectivity index (χ1v) is 8.04. The quantitative estimate of drug-likeness (QED) is 0.445. The predicted molar refractivity (Wildman–Crippen MR) is 73.0 cm³/mol. The second-order valence-corrected chi connectivity index (χ2v) is 6.55. The van der Waals surface area contributed by atoms with Crippen molar-refractivity contribution in [2.24, 2.45) is 29.6 Å². The van der Waals surface area contributed by atoms with E-state index in [0.717, 1.165) is 19.3 Å². The third-order valence-electron chi connectivity index (χ3n) is 5.24. The molecule has 5 atom stereocenters. The topological polar surface area (TPSA) is 86.7 Å². The summed E-state index contributed by atoms with van der Waals surface area (Å²) in [5.41, 5.74) is 0. The minimum Gasteiger partial charge on any atom is -0.393 e. The Balaban J connectivity index is 1.89. The third-order valence-corrected chi connectivity index (χ3v) is 5.24. The highest BCUT2D eigenvalue weighted by Crippen LogP contribution is 2.49. The standard InChI is InChI=1S/C16H20O6/c1-2-3-4-5-9-10-6-8(13(17)21-14(9)18)7-11-12(10)16(20)22-15(11)19/h8-12H,2-7H2,1H3. The van der Waals surface area contributed by atoms with Crippen molar-refractivity contribution < 1.29 is 28.7 Å². The minimum atomic E-state index is -0.594. The minimum absolute atomic E-state index is 0.250. The molecule has 2 bridgehead atoms. The van der Waals surface area contributed by atoms with Crippen molar-refractivity contribution in [1.82, 2.24) is 0 Å². The van der Waals surface area contributed by atoms with Gasteiger partial charge < -0.3 is 9.47 Å². The zero-order valence-corrected chi connectivity index (χ0v) is 12.6. The molecule has 120 valence electrons. The summed E-state index contributed by atoms with van der Waals surface area (Å²) < 4.78 is 9.72. The lowest BCUT2D eigenvalue weighted by molar-refractivity contribution is -0.163. The van der Waals surface area contributed by atoms with Crippen molar-refractivity contribution in [2.45, 2.75) is 45.4 Å². The van der Waals surface area contributed by atoms with Gasteiger partial charge in [0.15, 0.2) is 0 Å². The van der Waals surface area contributed by atoms with Crippen LogP contribution in [-0.2, 0) is 28.7 Å². The van der Waals surface area contributed by atoms with Gasteiger partial charge in [0.1, 0.15) is 0 Å². The van der Waals surface area contributed by atoms with Crippen molar-refractivity contribution in [2.75, 3.05) is 0 Å². The SMILES string of the molecule is CCCCCC1C(=O)OC(=O)C2CC3C(=O)OC(=O)C3C1C2. The fraction of sp³-hybridized carbons (Fsp3) is 0.750. The van der Waals surface area contributed by atoms with E-state index in [1.807, 2.05) is 0 Å². The molecule has 3 aliphatic rings. The second kappa shape index (κ2) is 5.82. The van der Waals surface area contributed by atoms with E-state index in [0.29, 0.717) is 12.8 Å². The summed E-state index contributed by atoms with van der Waals surface area (Å²) in [5.74, 6) is -4.67. The molecule has 6 heteroatoms. The molecule has 1 saturated carbocycles. The van der Waals surface area contributed by atoms with E-state index < -0.39 is 47.5 Å². The van der Waals surface area contributed by atoms with Crippen LogP contribution in [0.4, 0.5) is 0 Å². The molecule has 2 saturated heterocycles. The maximum atomic E-state index is 12.3. The van der Waals surface area contributed by atoms with Gasteiger partial charge in [0.05, 0.1) is 23.7 Å². The average molecular weight is 308 g/mol. The first-order valence-electron chi connectivity index (χ1n) is 8.04. The Morgan fingerprint density at radius 2 is 1.64 bits per heavy atom. The number of unbranched alkanes of at least 4 members (excludes halogenated alkanes) is 2. The Hall–Kier alpha value is -1.72. The third kappa shape index (κ3) is 2.44. The summed E-state index contributed by atoms with van der Waals surface area (Å²) in [6.07, 6.45) is 4.10. The molecule has 0 aromatic heterocycles. The van der Waals surface area contributed by atoms with Crippen molar-refractivity contribution in [3.8, 4) is 0 Å². The molecule has 2 heterocycles. The Labute approximate surface area is 128 Å². The summed E-state index contributed by atoms with van der Waals surface area (Å²) in [6, 6.07) is 0. The Kier molecular flexibility index (Phi) is 4.02. The van der Waals surface area contributed by atoms with Gasteiger partial charge in [0, 0.05) is 0 Å². The zero-order chi connectivity index (χ0) is 15.9. The number of fused-ring (bicyclic) bond motifs is 4. The van der Waals surface area contributed by atoms with Crippen molar-refractivity contribution in [3.05, 3.63) is 0 Å². The van der Waals surface area contributed by atoms with Crippen LogP contribution in [0.2, 0.25) is 0 Å². The van der Waals surface area contributed by atoms with Crippen molar-refractivity contribution >= 4 is 23.9 Å². The van der Waals surface area contributed by atoms with Gasteiger partial charge in [-0.3, -0.25) is 19.2 Å². The molecule has 6 nitrogen and oxygen atoms in total. The molecule has 1 aliphatic carbocycles. The lowest BCUT2D eigenvalue weighted by Crippen LogP contribution is -2.39. The van der Waals surface area contributed by atoms with Crippen LogP contribution >= 0.6 is 0 Å². The molecule has 0 radical (unpaired) electrons. The summed E-state index contributed by atoms with van der Waals surface area (Å²) in [5, 5.41) is 0. The smallest absolute Gasteiger partial charge is 0.317 e. The van der Waals surface area contributed by atoms with Gasteiger partial charge in [-0.05, 0) is 25.2 Å².